The van der Waals surface area contributed by atoms with Crippen LogP contribution in [0.2, 0.25) is 13.1 Å². The van der Waals surface area contributed by atoms with Crippen molar-refractivity contribution in [2.24, 2.45) is 0 Å². The van der Waals surface area contributed by atoms with Crippen LogP contribution in [0.25, 0.3) is 0 Å². The molecule has 0 aliphatic rings. The van der Waals surface area contributed by atoms with Gasteiger partial charge in [0.05, 0.1) is 19.0 Å². The molecule has 0 aliphatic carbocycles. The van der Waals surface area contributed by atoms with Crippen LogP contribution in [0.4, 0.5) is 0 Å². The van der Waals surface area contributed by atoms with Crippen LogP contribution in [0.1, 0.15) is 25.7 Å². The van der Waals surface area contributed by atoms with E-state index in [0.717, 1.165) is 37.2 Å². The van der Waals surface area contributed by atoms with Crippen LogP contribution in [0.5, 0.6) is 0 Å². The summed E-state index contributed by atoms with van der Waals surface area (Å²) in [5.74, 6) is 2.28. The third kappa shape index (κ3) is 9.55. The maximum absolute atomic E-state index is 5.56. The molecule has 0 saturated carbocycles. The normalized spacial score (nSPS) is 13.8. The van der Waals surface area contributed by atoms with Gasteiger partial charge in [-0.05, 0) is 35.5 Å². The maximum Gasteiger partial charge on any atom is 0.144 e. The van der Waals surface area contributed by atoms with Gasteiger partial charge in [0.25, 0.3) is 0 Å². The van der Waals surface area contributed by atoms with E-state index in [-0.39, 0.29) is 29.9 Å². The van der Waals surface area contributed by atoms with Crippen molar-refractivity contribution < 1.29 is 18.9 Å². The van der Waals surface area contributed by atoms with Crippen LogP contribution in [0, 0.1) is 0 Å². The summed E-state index contributed by atoms with van der Waals surface area (Å²) < 4.78 is 22.2. The van der Waals surface area contributed by atoms with E-state index >= 15 is 0 Å². The molecule has 0 radical (unpaired) electrons. The van der Waals surface area contributed by atoms with E-state index in [1.165, 1.54) is 0 Å². The Morgan fingerprint density at radius 3 is 1.30 bits per heavy atom. The summed E-state index contributed by atoms with van der Waals surface area (Å²) in [6, 6.07) is 0. The van der Waals surface area contributed by atoms with E-state index < -0.39 is 0 Å². The molecule has 140 valence electrons. The molecule has 0 aromatic heterocycles. The Bertz CT molecular complexity index is 238. The SMILES string of the molecule is COC(CCCSSSCCCC(OC)(OC)[SiH2]C)(OC)[SiH2]C. The highest BCUT2D eigenvalue weighted by Crippen LogP contribution is 2.36. The molecular formula is C14H34O4S3Si2. The molecule has 0 fully saturated rings. The van der Waals surface area contributed by atoms with Crippen molar-refractivity contribution in [3.63, 3.8) is 0 Å². The second kappa shape index (κ2) is 14.5. The van der Waals surface area contributed by atoms with Gasteiger partial charge in [0.1, 0.15) is 10.8 Å². The first-order valence-corrected chi connectivity index (χ1v) is 16.3. The smallest absolute Gasteiger partial charge is 0.144 e. The Morgan fingerprint density at radius 1 is 0.696 bits per heavy atom. The molecule has 0 bridgehead atoms. The van der Waals surface area contributed by atoms with Gasteiger partial charge >= 0.3 is 0 Å². The molecule has 0 amide bonds. The van der Waals surface area contributed by atoms with Crippen molar-refractivity contribution in [3.05, 3.63) is 0 Å². The highest BCUT2D eigenvalue weighted by molar-refractivity contribution is 9.09. The number of hydrogen-bond donors (Lipinski definition) is 0. The highest BCUT2D eigenvalue weighted by atomic mass is 33.5. The van der Waals surface area contributed by atoms with Gasteiger partial charge in [-0.3, -0.25) is 0 Å². The van der Waals surface area contributed by atoms with E-state index in [4.69, 9.17) is 18.9 Å². The number of rotatable bonds is 16. The van der Waals surface area contributed by atoms with Gasteiger partial charge in [0, 0.05) is 39.9 Å². The van der Waals surface area contributed by atoms with Crippen molar-refractivity contribution in [2.45, 2.75) is 49.6 Å². The summed E-state index contributed by atoms with van der Waals surface area (Å²) in [6.45, 7) is 4.48. The molecule has 0 unspecified atom stereocenters. The Labute approximate surface area is 158 Å². The zero-order valence-corrected chi connectivity index (χ0v) is 20.8. The molecule has 0 saturated heterocycles. The molecule has 0 N–H and O–H groups in total. The van der Waals surface area contributed by atoms with Crippen molar-refractivity contribution in [2.75, 3.05) is 39.9 Å². The number of methoxy groups -OCH3 is 4. The molecule has 23 heavy (non-hydrogen) atoms. The van der Waals surface area contributed by atoms with E-state index in [1.54, 1.807) is 28.4 Å². The van der Waals surface area contributed by atoms with Gasteiger partial charge < -0.3 is 18.9 Å². The minimum absolute atomic E-state index is 0.258. The van der Waals surface area contributed by atoms with E-state index in [2.05, 4.69) is 13.1 Å². The minimum Gasteiger partial charge on any atom is -0.358 e. The minimum atomic E-state index is -0.337. The molecule has 0 aromatic carbocycles. The maximum atomic E-state index is 5.56. The fraction of sp³-hybridized carbons (Fsp3) is 1.00. The van der Waals surface area contributed by atoms with Crippen molar-refractivity contribution in [3.8, 4) is 0 Å². The first-order chi connectivity index (χ1) is 11.1. The predicted octanol–water partition coefficient (Wildman–Crippen LogP) is 2.90. The molecule has 0 rings (SSSR count). The van der Waals surface area contributed by atoms with Crippen molar-refractivity contribution >= 4 is 50.5 Å². The Morgan fingerprint density at radius 2 is 1.04 bits per heavy atom. The zero-order valence-electron chi connectivity index (χ0n) is 15.5. The fourth-order valence-electron chi connectivity index (χ4n) is 2.41. The Kier molecular flexibility index (Phi) is 15.3. The lowest BCUT2D eigenvalue weighted by molar-refractivity contribution is -0.148. The quantitative estimate of drug-likeness (QED) is 0.165. The van der Waals surface area contributed by atoms with Crippen molar-refractivity contribution in [1.82, 2.24) is 0 Å². The second-order valence-electron chi connectivity index (χ2n) is 5.26. The third-order valence-electron chi connectivity index (χ3n) is 4.23. The summed E-state index contributed by atoms with van der Waals surface area (Å²) in [5, 5.41) is 0. The summed E-state index contributed by atoms with van der Waals surface area (Å²) in [4.78, 5) is 0. The summed E-state index contributed by atoms with van der Waals surface area (Å²) in [7, 11) is 12.1. The van der Waals surface area contributed by atoms with Crippen LogP contribution in [0.3, 0.4) is 0 Å². The van der Waals surface area contributed by atoms with Gasteiger partial charge in [0.15, 0.2) is 0 Å². The fourth-order valence-corrected chi connectivity index (χ4v) is 8.66. The van der Waals surface area contributed by atoms with Gasteiger partial charge in [-0.2, -0.15) is 0 Å². The third-order valence-corrected chi connectivity index (χ3v) is 12.7. The highest BCUT2D eigenvalue weighted by Gasteiger charge is 2.27. The Hall–Kier alpha value is 1.32. The molecule has 0 heterocycles. The summed E-state index contributed by atoms with van der Waals surface area (Å²) >= 11 is 0. The standard InChI is InChI=1S/C14H34O4S3Si2/c1-15-13(16-2,22-5)9-7-11-19-21-20-12-8-10-14(17-3,18-4)23-6/h7-12,22-23H2,1-6H3. The predicted molar refractivity (Wildman–Crippen MR) is 113 cm³/mol. The largest absolute Gasteiger partial charge is 0.358 e. The monoisotopic (exact) mass is 418 g/mol. The molecule has 0 aromatic rings. The number of ether oxygens (including phenoxy) is 4. The van der Waals surface area contributed by atoms with Gasteiger partial charge in [-0.15, -0.1) is 0 Å². The lowest BCUT2D eigenvalue weighted by Crippen LogP contribution is -2.39. The molecular weight excluding hydrogens is 385 g/mol. The van der Waals surface area contributed by atoms with Gasteiger partial charge in [0.2, 0.25) is 0 Å². The average Bonchev–Trinajstić information content (AvgIpc) is 2.61. The first kappa shape index (κ1) is 24.3. The Balaban J connectivity index is 3.64. The lowest BCUT2D eigenvalue weighted by atomic mass is 10.3. The van der Waals surface area contributed by atoms with Gasteiger partial charge in [-0.25, -0.2) is 0 Å². The van der Waals surface area contributed by atoms with E-state index in [9.17, 15) is 0 Å². The van der Waals surface area contributed by atoms with Crippen LogP contribution >= 0.6 is 31.4 Å². The van der Waals surface area contributed by atoms with Crippen LogP contribution in [-0.4, -0.2) is 69.8 Å². The molecule has 0 atom stereocenters. The van der Waals surface area contributed by atoms with E-state index in [0.29, 0.717) is 0 Å². The molecule has 0 spiro atoms. The first-order valence-electron chi connectivity index (χ1n) is 8.19. The molecule has 9 heteroatoms. The topological polar surface area (TPSA) is 36.9 Å². The lowest BCUT2D eigenvalue weighted by Gasteiger charge is -2.29. The van der Waals surface area contributed by atoms with Gasteiger partial charge in [-0.1, -0.05) is 34.7 Å². The van der Waals surface area contributed by atoms with E-state index in [1.807, 2.05) is 31.4 Å². The van der Waals surface area contributed by atoms with Crippen LogP contribution < -0.4 is 0 Å². The zero-order chi connectivity index (χ0) is 17.6. The summed E-state index contributed by atoms with van der Waals surface area (Å²) in [6.07, 6.45) is 4.29. The summed E-state index contributed by atoms with van der Waals surface area (Å²) in [5.41, 5.74) is -0.516. The second-order valence-corrected chi connectivity index (χ2v) is 13.3. The average molecular weight is 419 g/mol. The van der Waals surface area contributed by atoms with Crippen LogP contribution in [-0.2, 0) is 18.9 Å². The molecule has 4 nitrogen and oxygen atoms in total. The van der Waals surface area contributed by atoms with Crippen molar-refractivity contribution in [1.29, 1.82) is 0 Å². The van der Waals surface area contributed by atoms with Crippen LogP contribution in [0.15, 0.2) is 0 Å². The molecule has 0 aliphatic heterocycles. The number of hydrogen-bond acceptors (Lipinski definition) is 7.